The van der Waals surface area contributed by atoms with Crippen molar-refractivity contribution in [1.29, 1.82) is 0 Å². The number of nitrogens with zero attached hydrogens (tertiary/aromatic N) is 4. The molecule has 0 saturated carbocycles. The van der Waals surface area contributed by atoms with Crippen LogP contribution in [0.15, 0.2) is 34.9 Å². The van der Waals surface area contributed by atoms with Crippen LogP contribution in [0.25, 0.3) is 11.4 Å². The number of carbonyl (C=O) groups excluding carboxylic acids is 1. The summed E-state index contributed by atoms with van der Waals surface area (Å²) >= 11 is 0. The molecule has 0 radical (unpaired) electrons. The lowest BCUT2D eigenvalue weighted by Gasteiger charge is -2.34. The molecule has 6 nitrogen and oxygen atoms in total. The Kier molecular flexibility index (Phi) is 5.02. The number of benzene rings is 1. The largest absolute Gasteiger partial charge is 0.340 e. The highest BCUT2D eigenvalue weighted by Crippen LogP contribution is 2.15. The molecule has 0 unspecified atom stereocenters. The summed E-state index contributed by atoms with van der Waals surface area (Å²) in [4.78, 5) is 20.9. The van der Waals surface area contributed by atoms with Gasteiger partial charge in [-0.05, 0) is 6.54 Å². The highest BCUT2D eigenvalue weighted by atomic mass is 16.5. The Bertz CT molecular complexity index is 633. The fraction of sp³-hybridized carbons (Fsp3) is 0.471. The van der Waals surface area contributed by atoms with Crippen LogP contribution in [0, 0.1) is 0 Å². The predicted molar refractivity (Wildman–Crippen MR) is 86.7 cm³/mol. The molecule has 1 aliphatic heterocycles. The quantitative estimate of drug-likeness (QED) is 0.842. The standard InChI is InChI=1S/C17H22N4O2/c1-2-20-10-12-21(13-11-20)16(22)9-8-15-18-17(19-23-15)14-6-4-3-5-7-14/h3-7H,2,8-13H2,1H3. The van der Waals surface area contributed by atoms with Crippen molar-refractivity contribution in [2.45, 2.75) is 19.8 Å². The molecule has 1 saturated heterocycles. The smallest absolute Gasteiger partial charge is 0.227 e. The molecule has 0 N–H and O–H groups in total. The summed E-state index contributed by atoms with van der Waals surface area (Å²) in [7, 11) is 0. The molecule has 1 aromatic carbocycles. The number of likely N-dealkylation sites (N-methyl/N-ethyl adjacent to an activating group) is 1. The van der Waals surface area contributed by atoms with E-state index >= 15 is 0 Å². The van der Waals surface area contributed by atoms with E-state index in [1.807, 2.05) is 35.2 Å². The SMILES string of the molecule is CCN1CCN(C(=O)CCc2nc(-c3ccccc3)no2)CC1. The molecule has 1 aliphatic rings. The van der Waals surface area contributed by atoms with Gasteiger partial charge in [-0.3, -0.25) is 4.79 Å². The second kappa shape index (κ2) is 7.37. The van der Waals surface area contributed by atoms with Crippen LogP contribution in [0.5, 0.6) is 0 Å². The third kappa shape index (κ3) is 3.96. The molecule has 0 atom stereocenters. The zero-order valence-electron chi connectivity index (χ0n) is 13.4. The molecule has 122 valence electrons. The lowest BCUT2D eigenvalue weighted by molar-refractivity contribution is -0.132. The molecular weight excluding hydrogens is 292 g/mol. The molecular formula is C17H22N4O2. The Labute approximate surface area is 136 Å². The van der Waals surface area contributed by atoms with E-state index in [9.17, 15) is 4.79 Å². The monoisotopic (exact) mass is 314 g/mol. The molecule has 0 bridgehead atoms. The highest BCUT2D eigenvalue weighted by molar-refractivity contribution is 5.76. The van der Waals surface area contributed by atoms with Crippen molar-refractivity contribution in [3.63, 3.8) is 0 Å². The Morgan fingerprint density at radius 1 is 1.17 bits per heavy atom. The average molecular weight is 314 g/mol. The van der Waals surface area contributed by atoms with Crippen LogP contribution >= 0.6 is 0 Å². The van der Waals surface area contributed by atoms with Gasteiger partial charge in [-0.2, -0.15) is 4.98 Å². The second-order valence-corrected chi connectivity index (χ2v) is 5.69. The Morgan fingerprint density at radius 2 is 1.91 bits per heavy atom. The van der Waals surface area contributed by atoms with Gasteiger partial charge in [0.15, 0.2) is 0 Å². The van der Waals surface area contributed by atoms with Gasteiger partial charge in [0.25, 0.3) is 0 Å². The predicted octanol–water partition coefficient (Wildman–Crippen LogP) is 1.83. The van der Waals surface area contributed by atoms with Crippen LogP contribution in [0.1, 0.15) is 19.2 Å². The summed E-state index contributed by atoms with van der Waals surface area (Å²) in [5.41, 5.74) is 0.921. The summed E-state index contributed by atoms with van der Waals surface area (Å²) < 4.78 is 5.25. The Balaban J connectivity index is 1.51. The van der Waals surface area contributed by atoms with E-state index in [0.29, 0.717) is 24.6 Å². The molecule has 0 spiro atoms. The molecule has 0 aliphatic carbocycles. The number of aromatic nitrogens is 2. The first-order chi connectivity index (χ1) is 11.3. The molecule has 2 aromatic rings. The van der Waals surface area contributed by atoms with Crippen molar-refractivity contribution in [3.8, 4) is 11.4 Å². The van der Waals surface area contributed by atoms with Crippen molar-refractivity contribution in [1.82, 2.24) is 19.9 Å². The summed E-state index contributed by atoms with van der Waals surface area (Å²) in [6.45, 7) is 6.74. The maximum atomic E-state index is 12.3. The van der Waals surface area contributed by atoms with Gasteiger partial charge in [0.05, 0.1) is 0 Å². The van der Waals surface area contributed by atoms with E-state index < -0.39 is 0 Å². The zero-order valence-corrected chi connectivity index (χ0v) is 13.4. The number of piperazine rings is 1. The first-order valence-electron chi connectivity index (χ1n) is 8.14. The third-order valence-corrected chi connectivity index (χ3v) is 4.23. The number of hydrogen-bond donors (Lipinski definition) is 0. The fourth-order valence-corrected chi connectivity index (χ4v) is 2.75. The van der Waals surface area contributed by atoms with Gasteiger partial charge in [-0.15, -0.1) is 0 Å². The van der Waals surface area contributed by atoms with E-state index in [-0.39, 0.29) is 5.91 Å². The Hall–Kier alpha value is -2.21. The molecule has 1 fully saturated rings. The fourth-order valence-electron chi connectivity index (χ4n) is 2.75. The van der Waals surface area contributed by atoms with Crippen molar-refractivity contribution in [3.05, 3.63) is 36.2 Å². The van der Waals surface area contributed by atoms with Gasteiger partial charge in [0.1, 0.15) is 0 Å². The van der Waals surface area contributed by atoms with Gasteiger partial charge in [-0.25, -0.2) is 0 Å². The first kappa shape index (κ1) is 15.7. The van der Waals surface area contributed by atoms with Crippen molar-refractivity contribution in [2.75, 3.05) is 32.7 Å². The lowest BCUT2D eigenvalue weighted by Crippen LogP contribution is -2.48. The number of aryl methyl sites for hydroxylation is 1. The average Bonchev–Trinajstić information content (AvgIpc) is 3.09. The molecule has 6 heteroatoms. The zero-order chi connectivity index (χ0) is 16.1. The first-order valence-corrected chi connectivity index (χ1v) is 8.14. The second-order valence-electron chi connectivity index (χ2n) is 5.69. The molecule has 1 amide bonds. The van der Waals surface area contributed by atoms with E-state index in [4.69, 9.17) is 4.52 Å². The van der Waals surface area contributed by atoms with Gasteiger partial charge in [0.2, 0.25) is 17.6 Å². The maximum absolute atomic E-state index is 12.3. The summed E-state index contributed by atoms with van der Waals surface area (Å²) in [5, 5.41) is 3.98. The number of amides is 1. The van der Waals surface area contributed by atoms with Crippen LogP contribution in [-0.4, -0.2) is 58.6 Å². The van der Waals surface area contributed by atoms with Gasteiger partial charge in [-0.1, -0.05) is 42.4 Å². The van der Waals surface area contributed by atoms with Crippen molar-refractivity contribution < 1.29 is 9.32 Å². The normalized spacial score (nSPS) is 15.8. The minimum atomic E-state index is 0.167. The number of rotatable bonds is 5. The van der Waals surface area contributed by atoms with Crippen LogP contribution in [-0.2, 0) is 11.2 Å². The molecule has 23 heavy (non-hydrogen) atoms. The topological polar surface area (TPSA) is 62.5 Å². The molecule has 2 heterocycles. The minimum absolute atomic E-state index is 0.167. The van der Waals surface area contributed by atoms with Crippen LogP contribution in [0.4, 0.5) is 0 Å². The lowest BCUT2D eigenvalue weighted by atomic mass is 10.2. The van der Waals surface area contributed by atoms with Gasteiger partial charge in [0, 0.05) is 44.6 Å². The minimum Gasteiger partial charge on any atom is -0.340 e. The molecule has 1 aromatic heterocycles. The van der Waals surface area contributed by atoms with Crippen LogP contribution in [0.3, 0.4) is 0 Å². The highest BCUT2D eigenvalue weighted by Gasteiger charge is 2.20. The number of carbonyl (C=O) groups is 1. The summed E-state index contributed by atoms with van der Waals surface area (Å²) in [5.74, 6) is 1.26. The molecule has 3 rings (SSSR count). The van der Waals surface area contributed by atoms with Crippen molar-refractivity contribution in [2.24, 2.45) is 0 Å². The van der Waals surface area contributed by atoms with Crippen molar-refractivity contribution >= 4 is 5.91 Å². The van der Waals surface area contributed by atoms with E-state index in [1.165, 1.54) is 0 Å². The van der Waals surface area contributed by atoms with E-state index in [1.54, 1.807) is 0 Å². The number of hydrogen-bond acceptors (Lipinski definition) is 5. The maximum Gasteiger partial charge on any atom is 0.227 e. The summed E-state index contributed by atoms with van der Waals surface area (Å²) in [6, 6.07) is 9.69. The van der Waals surface area contributed by atoms with E-state index in [0.717, 1.165) is 38.3 Å². The van der Waals surface area contributed by atoms with Gasteiger partial charge < -0.3 is 14.3 Å². The third-order valence-electron chi connectivity index (χ3n) is 4.23. The summed E-state index contributed by atoms with van der Waals surface area (Å²) in [6.07, 6.45) is 0.912. The van der Waals surface area contributed by atoms with Crippen LogP contribution < -0.4 is 0 Å². The van der Waals surface area contributed by atoms with Crippen LogP contribution in [0.2, 0.25) is 0 Å². The van der Waals surface area contributed by atoms with Gasteiger partial charge >= 0.3 is 0 Å². The Morgan fingerprint density at radius 3 is 2.61 bits per heavy atom. The van der Waals surface area contributed by atoms with E-state index in [2.05, 4.69) is 22.0 Å².